The van der Waals surface area contributed by atoms with Crippen LogP contribution in [0.15, 0.2) is 53.5 Å². The first kappa shape index (κ1) is 15.4. The van der Waals surface area contributed by atoms with Gasteiger partial charge < -0.3 is 15.0 Å². The average Bonchev–Trinajstić information content (AvgIpc) is 2.62. The van der Waals surface area contributed by atoms with Crippen molar-refractivity contribution >= 4 is 5.96 Å². The topological polar surface area (TPSA) is 36.9 Å². The Morgan fingerprint density at radius 3 is 2.78 bits per heavy atom. The summed E-state index contributed by atoms with van der Waals surface area (Å²) in [6, 6.07) is 16.8. The maximum Gasteiger partial charge on any atom is 0.194 e. The molecule has 1 heterocycles. The molecular formula is C19H23N3O. The minimum atomic E-state index is 0.738. The van der Waals surface area contributed by atoms with Crippen molar-refractivity contribution < 1.29 is 4.74 Å². The molecule has 0 saturated carbocycles. The van der Waals surface area contributed by atoms with E-state index in [9.17, 15) is 0 Å². The molecule has 4 heteroatoms. The fourth-order valence-corrected chi connectivity index (χ4v) is 2.97. The molecule has 0 aliphatic carbocycles. The van der Waals surface area contributed by atoms with E-state index < -0.39 is 0 Å². The van der Waals surface area contributed by atoms with E-state index in [1.165, 1.54) is 16.7 Å². The molecular weight excluding hydrogens is 286 g/mol. The third-order valence-electron chi connectivity index (χ3n) is 4.23. The first-order chi connectivity index (χ1) is 11.3. The molecule has 2 aromatic rings. The molecule has 0 aromatic heterocycles. The number of ether oxygens (including phenoxy) is 1. The predicted octanol–water partition coefficient (Wildman–Crippen LogP) is 2.83. The van der Waals surface area contributed by atoms with Crippen molar-refractivity contribution in [2.45, 2.75) is 19.5 Å². The normalized spacial score (nSPS) is 14.3. The van der Waals surface area contributed by atoms with Gasteiger partial charge in [-0.1, -0.05) is 36.4 Å². The minimum absolute atomic E-state index is 0.738. The van der Waals surface area contributed by atoms with E-state index in [2.05, 4.69) is 45.5 Å². The summed E-state index contributed by atoms with van der Waals surface area (Å²) in [5, 5.41) is 3.46. The fourth-order valence-electron chi connectivity index (χ4n) is 2.97. The van der Waals surface area contributed by atoms with Crippen LogP contribution in [-0.4, -0.2) is 31.6 Å². The van der Waals surface area contributed by atoms with Gasteiger partial charge in [0.2, 0.25) is 0 Å². The lowest BCUT2D eigenvalue weighted by Crippen LogP contribution is -2.43. The third-order valence-corrected chi connectivity index (χ3v) is 4.23. The summed E-state index contributed by atoms with van der Waals surface area (Å²) < 4.78 is 5.27. The van der Waals surface area contributed by atoms with Gasteiger partial charge in [-0.15, -0.1) is 0 Å². The highest BCUT2D eigenvalue weighted by molar-refractivity contribution is 5.80. The molecule has 0 spiro atoms. The molecule has 3 rings (SSSR count). The summed E-state index contributed by atoms with van der Waals surface area (Å²) in [6.45, 7) is 2.64. The van der Waals surface area contributed by atoms with E-state index in [0.717, 1.165) is 37.8 Å². The smallest absolute Gasteiger partial charge is 0.194 e. The number of benzene rings is 2. The SMILES string of the molecule is CN=C(NCc1cccc(OC)c1)N1CCc2ccccc2C1. The Bertz CT molecular complexity index is 697. The van der Waals surface area contributed by atoms with Crippen molar-refractivity contribution in [3.63, 3.8) is 0 Å². The van der Waals surface area contributed by atoms with Crippen molar-refractivity contribution in [2.24, 2.45) is 4.99 Å². The van der Waals surface area contributed by atoms with Crippen LogP contribution in [0.3, 0.4) is 0 Å². The lowest BCUT2D eigenvalue weighted by atomic mass is 10.0. The highest BCUT2D eigenvalue weighted by Crippen LogP contribution is 2.18. The Hall–Kier alpha value is -2.49. The molecule has 0 amide bonds. The molecule has 0 fully saturated rings. The van der Waals surface area contributed by atoms with E-state index in [-0.39, 0.29) is 0 Å². The maximum atomic E-state index is 5.27. The van der Waals surface area contributed by atoms with Gasteiger partial charge in [0.25, 0.3) is 0 Å². The quantitative estimate of drug-likeness (QED) is 0.700. The van der Waals surface area contributed by atoms with Crippen molar-refractivity contribution in [1.82, 2.24) is 10.2 Å². The number of fused-ring (bicyclic) bond motifs is 1. The zero-order valence-electron chi connectivity index (χ0n) is 13.7. The van der Waals surface area contributed by atoms with Crippen molar-refractivity contribution in [2.75, 3.05) is 20.7 Å². The van der Waals surface area contributed by atoms with Crippen LogP contribution in [0.5, 0.6) is 5.75 Å². The first-order valence-electron chi connectivity index (χ1n) is 7.95. The average molecular weight is 309 g/mol. The van der Waals surface area contributed by atoms with Crippen LogP contribution in [-0.2, 0) is 19.5 Å². The lowest BCUT2D eigenvalue weighted by Gasteiger charge is -2.31. The van der Waals surface area contributed by atoms with Crippen molar-refractivity contribution in [3.8, 4) is 5.75 Å². The van der Waals surface area contributed by atoms with E-state index >= 15 is 0 Å². The lowest BCUT2D eigenvalue weighted by molar-refractivity contribution is 0.378. The first-order valence-corrected chi connectivity index (χ1v) is 7.95. The molecule has 1 aliphatic heterocycles. The number of hydrogen-bond donors (Lipinski definition) is 1. The molecule has 0 saturated heterocycles. The summed E-state index contributed by atoms with van der Waals surface area (Å²) in [5.41, 5.74) is 4.03. The van der Waals surface area contributed by atoms with Gasteiger partial charge in [-0.25, -0.2) is 0 Å². The van der Waals surface area contributed by atoms with Crippen LogP contribution >= 0.6 is 0 Å². The highest BCUT2D eigenvalue weighted by Gasteiger charge is 2.18. The molecule has 0 bridgehead atoms. The second-order valence-corrected chi connectivity index (χ2v) is 5.69. The Labute approximate surface area is 137 Å². The van der Waals surface area contributed by atoms with Gasteiger partial charge in [0.05, 0.1) is 7.11 Å². The van der Waals surface area contributed by atoms with Crippen LogP contribution in [0.4, 0.5) is 0 Å². The summed E-state index contributed by atoms with van der Waals surface area (Å²) in [4.78, 5) is 6.75. The largest absolute Gasteiger partial charge is 0.497 e. The fraction of sp³-hybridized carbons (Fsp3) is 0.316. The van der Waals surface area contributed by atoms with E-state index in [0.29, 0.717) is 0 Å². The second-order valence-electron chi connectivity index (χ2n) is 5.69. The Kier molecular flexibility index (Phi) is 4.81. The maximum absolute atomic E-state index is 5.27. The second kappa shape index (κ2) is 7.18. The summed E-state index contributed by atoms with van der Waals surface area (Å²) in [7, 11) is 3.53. The molecule has 1 N–H and O–H groups in total. The zero-order valence-corrected chi connectivity index (χ0v) is 13.7. The Balaban J connectivity index is 1.65. The minimum Gasteiger partial charge on any atom is -0.497 e. The van der Waals surface area contributed by atoms with Crippen molar-refractivity contribution in [3.05, 3.63) is 65.2 Å². The number of methoxy groups -OCH3 is 1. The van der Waals surface area contributed by atoms with Crippen molar-refractivity contribution in [1.29, 1.82) is 0 Å². The Morgan fingerprint density at radius 1 is 1.17 bits per heavy atom. The van der Waals surface area contributed by atoms with Crippen LogP contribution in [0.2, 0.25) is 0 Å². The van der Waals surface area contributed by atoms with Gasteiger partial charge in [0, 0.05) is 26.7 Å². The molecule has 23 heavy (non-hydrogen) atoms. The van der Waals surface area contributed by atoms with E-state index in [4.69, 9.17) is 4.74 Å². The van der Waals surface area contributed by atoms with Crippen LogP contribution in [0.1, 0.15) is 16.7 Å². The summed E-state index contributed by atoms with van der Waals surface area (Å²) >= 11 is 0. The molecule has 1 aliphatic rings. The summed E-state index contributed by atoms with van der Waals surface area (Å²) in [5.74, 6) is 1.83. The van der Waals surface area contributed by atoms with Gasteiger partial charge in [-0.05, 0) is 35.2 Å². The van der Waals surface area contributed by atoms with Crippen LogP contribution in [0, 0.1) is 0 Å². The Morgan fingerprint density at radius 2 is 2.00 bits per heavy atom. The molecule has 0 radical (unpaired) electrons. The molecule has 0 atom stereocenters. The number of guanidine groups is 1. The van der Waals surface area contributed by atoms with Gasteiger partial charge in [0.1, 0.15) is 5.75 Å². The zero-order chi connectivity index (χ0) is 16.1. The number of nitrogens with zero attached hydrogens (tertiary/aromatic N) is 2. The third kappa shape index (κ3) is 3.65. The van der Waals surface area contributed by atoms with Gasteiger partial charge in [0.15, 0.2) is 5.96 Å². The molecule has 4 nitrogen and oxygen atoms in total. The number of rotatable bonds is 3. The van der Waals surface area contributed by atoms with E-state index in [1.807, 2.05) is 25.2 Å². The van der Waals surface area contributed by atoms with E-state index in [1.54, 1.807) is 7.11 Å². The number of nitrogens with one attached hydrogen (secondary N) is 1. The van der Waals surface area contributed by atoms with Crippen LogP contribution < -0.4 is 10.1 Å². The van der Waals surface area contributed by atoms with Gasteiger partial charge in [-0.2, -0.15) is 0 Å². The summed E-state index contributed by atoms with van der Waals surface area (Å²) in [6.07, 6.45) is 1.07. The predicted molar refractivity (Wildman–Crippen MR) is 93.7 cm³/mol. The molecule has 120 valence electrons. The highest BCUT2D eigenvalue weighted by atomic mass is 16.5. The number of aliphatic imine (C=N–C) groups is 1. The van der Waals surface area contributed by atoms with Crippen LogP contribution in [0.25, 0.3) is 0 Å². The molecule has 0 unspecified atom stereocenters. The molecule has 2 aromatic carbocycles. The number of hydrogen-bond acceptors (Lipinski definition) is 2. The monoisotopic (exact) mass is 309 g/mol. The standard InChI is InChI=1S/C19H23N3O/c1-20-19(21-13-15-6-5-9-18(12-15)23-2)22-11-10-16-7-3-4-8-17(16)14-22/h3-9,12H,10-11,13-14H2,1-2H3,(H,20,21). The van der Waals surface area contributed by atoms with Gasteiger partial charge in [-0.3, -0.25) is 4.99 Å². The van der Waals surface area contributed by atoms with Gasteiger partial charge >= 0.3 is 0 Å².